The Morgan fingerprint density at radius 3 is 2.39 bits per heavy atom. The number of halogens is 1. The van der Waals surface area contributed by atoms with Gasteiger partial charge >= 0.3 is 5.69 Å². The first-order chi connectivity index (χ1) is 13.5. The Labute approximate surface area is 167 Å². The maximum atomic E-state index is 11.9. The Morgan fingerprint density at radius 2 is 1.79 bits per heavy atom. The highest BCUT2D eigenvalue weighted by Crippen LogP contribution is 2.40. The molecule has 2 aromatic rings. The summed E-state index contributed by atoms with van der Waals surface area (Å²) in [5, 5.41) is 15.2. The van der Waals surface area contributed by atoms with Gasteiger partial charge in [0, 0.05) is 19.2 Å². The quantitative estimate of drug-likeness (QED) is 0.561. The average Bonchev–Trinajstić information content (AvgIpc) is 2.97. The van der Waals surface area contributed by atoms with Crippen LogP contribution in [-0.2, 0) is 0 Å². The number of hydrogen-bond acceptors (Lipinski definition) is 8. The molecule has 28 heavy (non-hydrogen) atoms. The van der Waals surface area contributed by atoms with Crippen LogP contribution < -0.4 is 19.7 Å². The first-order valence-corrected chi connectivity index (χ1v) is 9.35. The van der Waals surface area contributed by atoms with Crippen molar-refractivity contribution in [3.63, 3.8) is 0 Å². The van der Waals surface area contributed by atoms with Gasteiger partial charge in [0.05, 0.1) is 29.9 Å². The standard InChI is InChI=1S/C18H22ClN5O4/c1-27-14-10-15(28-2)13(9-12(14)19)22-17-16(24(25)26)18(21-11-20-17)23-7-5-3-4-6-8-23/h9-11H,3-8H2,1-2H3,(H,20,21,22). The van der Waals surface area contributed by atoms with Gasteiger partial charge in [0.15, 0.2) is 0 Å². The molecule has 3 rings (SSSR count). The highest BCUT2D eigenvalue weighted by molar-refractivity contribution is 6.32. The maximum absolute atomic E-state index is 11.9. The highest BCUT2D eigenvalue weighted by atomic mass is 35.5. The number of methoxy groups -OCH3 is 2. The lowest BCUT2D eigenvalue weighted by molar-refractivity contribution is -0.383. The van der Waals surface area contributed by atoms with E-state index in [9.17, 15) is 10.1 Å². The molecule has 2 heterocycles. The number of rotatable bonds is 6. The molecule has 1 aromatic heterocycles. The summed E-state index contributed by atoms with van der Waals surface area (Å²) >= 11 is 6.20. The predicted molar refractivity (Wildman–Crippen MR) is 107 cm³/mol. The molecule has 1 aliphatic heterocycles. The molecule has 1 aromatic carbocycles. The molecule has 0 unspecified atom stereocenters. The number of hydrogen-bond donors (Lipinski definition) is 1. The molecule has 0 atom stereocenters. The van der Waals surface area contributed by atoms with Gasteiger partial charge in [0.2, 0.25) is 11.6 Å². The van der Waals surface area contributed by atoms with Gasteiger partial charge in [0.1, 0.15) is 17.8 Å². The van der Waals surface area contributed by atoms with Crippen molar-refractivity contribution in [1.29, 1.82) is 0 Å². The summed E-state index contributed by atoms with van der Waals surface area (Å²) in [5.74, 6) is 1.26. The van der Waals surface area contributed by atoms with Crippen molar-refractivity contribution in [2.45, 2.75) is 25.7 Å². The third kappa shape index (κ3) is 4.19. The molecule has 1 fully saturated rings. The zero-order chi connectivity index (χ0) is 20.1. The topological polar surface area (TPSA) is 103 Å². The third-order valence-corrected chi connectivity index (χ3v) is 4.91. The van der Waals surface area contributed by atoms with Crippen molar-refractivity contribution < 1.29 is 14.4 Å². The molecule has 1 aliphatic rings. The predicted octanol–water partition coefficient (Wildman–Crippen LogP) is 4.18. The van der Waals surface area contributed by atoms with Gasteiger partial charge in [-0.05, 0) is 18.9 Å². The van der Waals surface area contributed by atoms with Gasteiger partial charge in [-0.1, -0.05) is 24.4 Å². The summed E-state index contributed by atoms with van der Waals surface area (Å²) in [6.45, 7) is 1.46. The number of nitrogens with zero attached hydrogens (tertiary/aromatic N) is 4. The first kappa shape index (κ1) is 19.9. The Kier molecular flexibility index (Phi) is 6.35. The fourth-order valence-electron chi connectivity index (χ4n) is 3.23. The van der Waals surface area contributed by atoms with Crippen molar-refractivity contribution in [2.24, 2.45) is 0 Å². The number of nitrogens with one attached hydrogen (secondary N) is 1. The van der Waals surface area contributed by atoms with Crippen LogP contribution in [0, 0.1) is 10.1 Å². The Bertz CT molecular complexity index is 856. The molecule has 0 saturated carbocycles. The molecule has 1 saturated heterocycles. The average molecular weight is 408 g/mol. The molecule has 0 aliphatic carbocycles. The minimum absolute atomic E-state index is 0.0822. The van der Waals surface area contributed by atoms with Gasteiger partial charge < -0.3 is 19.7 Å². The minimum Gasteiger partial charge on any atom is -0.495 e. The normalized spacial score (nSPS) is 14.3. The number of benzene rings is 1. The summed E-state index contributed by atoms with van der Waals surface area (Å²) in [4.78, 5) is 21.7. The molecule has 0 spiro atoms. The van der Waals surface area contributed by atoms with Gasteiger partial charge in [0.25, 0.3) is 0 Å². The van der Waals surface area contributed by atoms with E-state index < -0.39 is 4.92 Å². The molecule has 10 heteroatoms. The zero-order valence-corrected chi connectivity index (χ0v) is 16.5. The third-order valence-electron chi connectivity index (χ3n) is 4.62. The molecule has 9 nitrogen and oxygen atoms in total. The monoisotopic (exact) mass is 407 g/mol. The number of aromatic nitrogens is 2. The Morgan fingerprint density at radius 1 is 1.11 bits per heavy atom. The molecule has 150 valence electrons. The molecular weight excluding hydrogens is 386 g/mol. The van der Waals surface area contributed by atoms with Gasteiger partial charge in [-0.2, -0.15) is 0 Å². The minimum atomic E-state index is -0.458. The van der Waals surface area contributed by atoms with E-state index in [0.29, 0.717) is 28.0 Å². The lowest BCUT2D eigenvalue weighted by atomic mass is 10.2. The van der Waals surface area contributed by atoms with Crippen LogP contribution in [0.15, 0.2) is 18.5 Å². The summed E-state index contributed by atoms with van der Waals surface area (Å²) < 4.78 is 10.5. The summed E-state index contributed by atoms with van der Waals surface area (Å²) in [6, 6.07) is 3.18. The molecule has 1 N–H and O–H groups in total. The smallest absolute Gasteiger partial charge is 0.353 e. The fraction of sp³-hybridized carbons (Fsp3) is 0.444. The highest BCUT2D eigenvalue weighted by Gasteiger charge is 2.28. The molecule has 0 radical (unpaired) electrons. The van der Waals surface area contributed by atoms with Crippen LogP contribution in [0.4, 0.5) is 23.0 Å². The summed E-state index contributed by atoms with van der Waals surface area (Å²) in [7, 11) is 2.99. The van der Waals surface area contributed by atoms with Crippen molar-refractivity contribution in [3.8, 4) is 11.5 Å². The van der Waals surface area contributed by atoms with Crippen LogP contribution in [0.5, 0.6) is 11.5 Å². The maximum Gasteiger partial charge on any atom is 0.353 e. The summed E-state index contributed by atoms with van der Waals surface area (Å²) in [6.07, 6.45) is 5.51. The Hall–Kier alpha value is -2.81. The van der Waals surface area contributed by atoms with Gasteiger partial charge in [-0.3, -0.25) is 10.1 Å². The molecular formula is C18H22ClN5O4. The van der Waals surface area contributed by atoms with Crippen molar-refractivity contribution in [1.82, 2.24) is 9.97 Å². The van der Waals surface area contributed by atoms with Gasteiger partial charge in [-0.25, -0.2) is 9.97 Å². The van der Waals surface area contributed by atoms with E-state index in [1.165, 1.54) is 20.5 Å². The van der Waals surface area contributed by atoms with Crippen LogP contribution in [0.2, 0.25) is 5.02 Å². The summed E-state index contributed by atoms with van der Waals surface area (Å²) in [5.41, 5.74) is 0.273. The second-order valence-electron chi connectivity index (χ2n) is 6.36. The van der Waals surface area contributed by atoms with Crippen LogP contribution in [0.25, 0.3) is 0 Å². The van der Waals surface area contributed by atoms with Crippen molar-refractivity contribution >= 4 is 34.6 Å². The number of ether oxygens (including phenoxy) is 2. The fourth-order valence-corrected chi connectivity index (χ4v) is 3.47. The number of nitro groups is 1. The first-order valence-electron chi connectivity index (χ1n) is 8.98. The lowest BCUT2D eigenvalue weighted by Crippen LogP contribution is -2.26. The van der Waals surface area contributed by atoms with Crippen LogP contribution in [-0.4, -0.2) is 42.2 Å². The van der Waals surface area contributed by atoms with Crippen LogP contribution in [0.1, 0.15) is 25.7 Å². The zero-order valence-electron chi connectivity index (χ0n) is 15.8. The second kappa shape index (κ2) is 8.92. The number of anilines is 3. The van der Waals surface area contributed by atoms with E-state index in [-0.39, 0.29) is 11.5 Å². The van der Waals surface area contributed by atoms with E-state index in [1.807, 2.05) is 4.90 Å². The van der Waals surface area contributed by atoms with E-state index in [1.54, 1.807) is 12.1 Å². The largest absolute Gasteiger partial charge is 0.495 e. The molecule has 0 amide bonds. The van der Waals surface area contributed by atoms with Crippen LogP contribution >= 0.6 is 11.6 Å². The van der Waals surface area contributed by atoms with E-state index in [4.69, 9.17) is 21.1 Å². The van der Waals surface area contributed by atoms with Crippen molar-refractivity contribution in [3.05, 3.63) is 33.6 Å². The van der Waals surface area contributed by atoms with Gasteiger partial charge in [-0.15, -0.1) is 0 Å². The Balaban J connectivity index is 2.02. The van der Waals surface area contributed by atoms with Crippen molar-refractivity contribution in [2.75, 3.05) is 37.5 Å². The van der Waals surface area contributed by atoms with Crippen LogP contribution in [0.3, 0.4) is 0 Å². The lowest BCUT2D eigenvalue weighted by Gasteiger charge is -2.21. The SMILES string of the molecule is COc1cc(OC)c(Nc2ncnc(N3CCCCCC3)c2[N+](=O)[O-])cc1Cl. The second-order valence-corrected chi connectivity index (χ2v) is 6.77. The van der Waals surface area contributed by atoms with E-state index in [2.05, 4.69) is 15.3 Å². The van der Waals surface area contributed by atoms with E-state index in [0.717, 1.165) is 38.8 Å². The molecule has 0 bridgehead atoms. The van der Waals surface area contributed by atoms with E-state index >= 15 is 0 Å².